The van der Waals surface area contributed by atoms with Gasteiger partial charge in [-0.2, -0.15) is 0 Å². The maximum absolute atomic E-state index is 5.11. The molecule has 1 atom stereocenters. The molecule has 1 aromatic carbocycles. The summed E-state index contributed by atoms with van der Waals surface area (Å²) in [6, 6.07) is 8.98. The zero-order valence-electron chi connectivity index (χ0n) is 12.5. The van der Waals surface area contributed by atoms with Crippen molar-refractivity contribution in [2.75, 3.05) is 23.7 Å². The van der Waals surface area contributed by atoms with E-state index in [4.69, 9.17) is 4.99 Å². The van der Waals surface area contributed by atoms with Crippen molar-refractivity contribution in [3.05, 3.63) is 24.3 Å². The zero-order chi connectivity index (χ0) is 14.1. The van der Waals surface area contributed by atoms with E-state index >= 15 is 0 Å². The van der Waals surface area contributed by atoms with Crippen LogP contribution in [-0.2, 0) is 0 Å². The Kier molecular flexibility index (Phi) is 3.34. The number of nitrogens with zero attached hydrogens (tertiary/aromatic N) is 1. The number of amidine groups is 1. The average Bonchev–Trinajstić information content (AvgIpc) is 3.02. The van der Waals surface area contributed by atoms with Crippen molar-refractivity contribution in [2.45, 2.75) is 50.1 Å². The van der Waals surface area contributed by atoms with Crippen molar-refractivity contribution in [3.8, 4) is 0 Å². The van der Waals surface area contributed by atoms with E-state index in [1.54, 1.807) is 0 Å². The minimum atomic E-state index is -0.0464. The number of benzene rings is 1. The van der Waals surface area contributed by atoms with E-state index in [0.717, 1.165) is 31.0 Å². The van der Waals surface area contributed by atoms with E-state index in [1.807, 2.05) is 0 Å². The van der Waals surface area contributed by atoms with Gasteiger partial charge in [-0.1, -0.05) is 25.0 Å². The molecular formula is C17H24N4. The van der Waals surface area contributed by atoms with Crippen LogP contribution in [0.2, 0.25) is 0 Å². The first-order valence-electron chi connectivity index (χ1n) is 8.29. The van der Waals surface area contributed by atoms with E-state index < -0.39 is 0 Å². The van der Waals surface area contributed by atoms with E-state index in [-0.39, 0.29) is 5.54 Å². The summed E-state index contributed by atoms with van der Waals surface area (Å²) in [5.41, 5.74) is 2.31. The smallest absolute Gasteiger partial charge is 0.128 e. The largest absolute Gasteiger partial charge is 0.370 e. The molecule has 4 rings (SSSR count). The van der Waals surface area contributed by atoms with Crippen LogP contribution >= 0.6 is 0 Å². The van der Waals surface area contributed by atoms with Crippen molar-refractivity contribution >= 4 is 17.2 Å². The highest BCUT2D eigenvalue weighted by molar-refractivity contribution is 6.09. The Bertz CT molecular complexity index is 539. The second kappa shape index (κ2) is 5.34. The molecule has 2 heterocycles. The Balaban J connectivity index is 1.71. The number of para-hydroxylation sites is 2. The monoisotopic (exact) mass is 284 g/mol. The van der Waals surface area contributed by atoms with E-state index in [1.165, 1.54) is 37.8 Å². The lowest BCUT2D eigenvalue weighted by atomic mass is 9.86. The maximum atomic E-state index is 5.11. The maximum Gasteiger partial charge on any atom is 0.128 e. The van der Waals surface area contributed by atoms with Crippen molar-refractivity contribution in [1.29, 1.82) is 0 Å². The predicted molar refractivity (Wildman–Crippen MR) is 88.2 cm³/mol. The molecule has 3 N–H and O–H groups in total. The normalized spacial score (nSPS) is 31.0. The van der Waals surface area contributed by atoms with Crippen LogP contribution in [0.25, 0.3) is 0 Å². The molecule has 2 aliphatic heterocycles. The number of hydrogen-bond donors (Lipinski definition) is 3. The fraction of sp³-hybridized carbons (Fsp3) is 0.588. The fourth-order valence-corrected chi connectivity index (χ4v) is 3.85. The fourth-order valence-electron chi connectivity index (χ4n) is 3.85. The number of aliphatic imine (C=N–C) groups is 1. The summed E-state index contributed by atoms with van der Waals surface area (Å²) in [6.07, 6.45) is 7.49. The van der Waals surface area contributed by atoms with Gasteiger partial charge in [0.05, 0.1) is 17.4 Å². The van der Waals surface area contributed by atoms with Crippen LogP contribution < -0.4 is 16.0 Å². The van der Waals surface area contributed by atoms with E-state index in [9.17, 15) is 0 Å². The highest BCUT2D eigenvalue weighted by Gasteiger charge is 2.41. The molecule has 1 aliphatic carbocycles. The van der Waals surface area contributed by atoms with Gasteiger partial charge in [-0.3, -0.25) is 4.99 Å². The van der Waals surface area contributed by atoms with Gasteiger partial charge >= 0.3 is 0 Å². The number of anilines is 2. The highest BCUT2D eigenvalue weighted by atomic mass is 15.2. The van der Waals surface area contributed by atoms with Crippen LogP contribution in [0.5, 0.6) is 0 Å². The van der Waals surface area contributed by atoms with Crippen molar-refractivity contribution in [1.82, 2.24) is 5.32 Å². The van der Waals surface area contributed by atoms with Gasteiger partial charge in [-0.05, 0) is 44.4 Å². The third-order valence-corrected chi connectivity index (χ3v) is 5.03. The van der Waals surface area contributed by atoms with Crippen molar-refractivity contribution in [2.24, 2.45) is 4.99 Å². The molecule has 4 heteroatoms. The summed E-state index contributed by atoms with van der Waals surface area (Å²) in [6.45, 7) is 2.07. The minimum Gasteiger partial charge on any atom is -0.370 e. The molecule has 21 heavy (non-hydrogen) atoms. The third-order valence-electron chi connectivity index (χ3n) is 5.03. The molecule has 0 aromatic heterocycles. The summed E-state index contributed by atoms with van der Waals surface area (Å²) in [7, 11) is 0. The van der Waals surface area contributed by atoms with Crippen molar-refractivity contribution < 1.29 is 0 Å². The number of fused-ring (bicyclic) bond motifs is 1. The Morgan fingerprint density at radius 3 is 2.62 bits per heavy atom. The second-order valence-corrected chi connectivity index (χ2v) is 6.57. The van der Waals surface area contributed by atoms with Gasteiger partial charge in [0.15, 0.2) is 0 Å². The second-order valence-electron chi connectivity index (χ2n) is 6.57. The molecule has 0 amide bonds. The van der Waals surface area contributed by atoms with Gasteiger partial charge in [0.25, 0.3) is 0 Å². The Labute approximate surface area is 126 Å². The molecule has 0 bridgehead atoms. The van der Waals surface area contributed by atoms with Crippen LogP contribution in [0.15, 0.2) is 29.3 Å². The molecular weight excluding hydrogens is 260 g/mol. The number of hydrogen-bond acceptors (Lipinski definition) is 3. The summed E-state index contributed by atoms with van der Waals surface area (Å²) >= 11 is 0. The minimum absolute atomic E-state index is 0.0464. The summed E-state index contributed by atoms with van der Waals surface area (Å²) in [5, 5.41) is 11.0. The summed E-state index contributed by atoms with van der Waals surface area (Å²) in [4.78, 5) is 5.11. The molecule has 1 saturated heterocycles. The quantitative estimate of drug-likeness (QED) is 0.743. The zero-order valence-corrected chi connectivity index (χ0v) is 12.5. The lowest BCUT2D eigenvalue weighted by molar-refractivity contribution is 0.420. The molecule has 2 fully saturated rings. The molecule has 3 aliphatic rings. The average molecular weight is 284 g/mol. The third kappa shape index (κ3) is 2.42. The predicted octanol–water partition coefficient (Wildman–Crippen LogP) is 2.99. The molecule has 0 radical (unpaired) electrons. The first kappa shape index (κ1) is 13.1. The van der Waals surface area contributed by atoms with Gasteiger partial charge in [0.2, 0.25) is 0 Å². The van der Waals surface area contributed by atoms with Crippen LogP contribution in [0.3, 0.4) is 0 Å². The first-order valence-corrected chi connectivity index (χ1v) is 8.29. The Morgan fingerprint density at radius 1 is 1.05 bits per heavy atom. The van der Waals surface area contributed by atoms with Crippen LogP contribution in [0.4, 0.5) is 11.4 Å². The lowest BCUT2D eigenvalue weighted by Crippen LogP contribution is -2.61. The molecule has 1 unspecified atom stereocenters. The van der Waals surface area contributed by atoms with Crippen LogP contribution in [0, 0.1) is 0 Å². The van der Waals surface area contributed by atoms with E-state index in [0.29, 0.717) is 6.04 Å². The molecule has 1 saturated carbocycles. The summed E-state index contributed by atoms with van der Waals surface area (Å²) in [5.74, 6) is 1.15. The Morgan fingerprint density at radius 2 is 1.86 bits per heavy atom. The topological polar surface area (TPSA) is 48.5 Å². The molecule has 112 valence electrons. The standard InChI is InChI=1S/C17H24N4/c1-2-7-13(6-1)19-16-17(10-5-11-18-12-17)21-15-9-4-3-8-14(15)20-16/h3-4,8-9,13,18,21H,1-2,5-7,10-12H2,(H,19,20). The first-order chi connectivity index (χ1) is 10.4. The lowest BCUT2D eigenvalue weighted by Gasteiger charge is -2.44. The van der Waals surface area contributed by atoms with Gasteiger partial charge in [0, 0.05) is 6.54 Å². The van der Waals surface area contributed by atoms with Crippen LogP contribution in [0.1, 0.15) is 38.5 Å². The summed E-state index contributed by atoms with van der Waals surface area (Å²) < 4.78 is 0. The number of rotatable bonds is 1. The van der Waals surface area contributed by atoms with Gasteiger partial charge in [-0.15, -0.1) is 0 Å². The van der Waals surface area contributed by atoms with Crippen LogP contribution in [-0.4, -0.2) is 30.5 Å². The number of nitrogens with one attached hydrogen (secondary N) is 3. The van der Waals surface area contributed by atoms with Gasteiger partial charge in [-0.25, -0.2) is 0 Å². The van der Waals surface area contributed by atoms with Crippen molar-refractivity contribution in [3.63, 3.8) is 0 Å². The highest BCUT2D eigenvalue weighted by Crippen LogP contribution is 2.35. The Hall–Kier alpha value is -1.55. The van der Waals surface area contributed by atoms with E-state index in [2.05, 4.69) is 40.2 Å². The molecule has 1 aromatic rings. The molecule has 4 nitrogen and oxygen atoms in total. The van der Waals surface area contributed by atoms with Gasteiger partial charge < -0.3 is 16.0 Å². The molecule has 1 spiro atoms. The number of piperidine rings is 1. The SMILES string of the molecule is c1ccc2c(c1)NC(=NC1CCCC1)C1(CCCNC1)N2. The van der Waals surface area contributed by atoms with Gasteiger partial charge in [0.1, 0.15) is 11.4 Å².